The smallest absolute Gasteiger partial charge is 0.256 e. The Kier molecular flexibility index (Phi) is 6.34. The van der Waals surface area contributed by atoms with E-state index in [2.05, 4.69) is 45.2 Å². The molecule has 2 heterocycles. The van der Waals surface area contributed by atoms with Gasteiger partial charge in [-0.2, -0.15) is 0 Å². The summed E-state index contributed by atoms with van der Waals surface area (Å²) >= 11 is 0. The van der Waals surface area contributed by atoms with Crippen LogP contribution in [0.4, 0.5) is 11.4 Å². The number of para-hydroxylation sites is 1. The van der Waals surface area contributed by atoms with Gasteiger partial charge in [0.2, 0.25) is 5.56 Å². The van der Waals surface area contributed by atoms with Crippen LogP contribution in [0, 0.1) is 0 Å². The highest BCUT2D eigenvalue weighted by Gasteiger charge is 2.18. The van der Waals surface area contributed by atoms with Crippen LogP contribution in [0.2, 0.25) is 0 Å². The first-order chi connectivity index (χ1) is 15.0. The molecule has 7 nitrogen and oxygen atoms in total. The number of aromatic amines is 1. The number of carbonyl (C=O) groups excluding carboxylic acids is 1. The molecule has 1 aliphatic rings. The summed E-state index contributed by atoms with van der Waals surface area (Å²) < 4.78 is 0. The summed E-state index contributed by atoms with van der Waals surface area (Å²) in [6.45, 7) is 6.14. The van der Waals surface area contributed by atoms with Crippen molar-refractivity contribution in [2.45, 2.75) is 0 Å². The molecule has 4 rings (SSSR count). The van der Waals surface area contributed by atoms with Crippen molar-refractivity contribution in [2.24, 2.45) is 0 Å². The number of benzene rings is 2. The number of rotatable bonds is 6. The standard InChI is InChI=1S/C24H29N5O2/c1-27(2)10-11-28-12-14-29(15-13-28)19-7-5-6-18(16-19)25-24(31)21-17-23(30)26-22-9-4-3-8-20(21)22/h3-9,16-17H,10-15H2,1-2H3,(H,25,31)(H,26,30). The topological polar surface area (TPSA) is 71.7 Å². The number of anilines is 2. The molecule has 0 spiro atoms. The summed E-state index contributed by atoms with van der Waals surface area (Å²) in [4.78, 5) is 34.8. The van der Waals surface area contributed by atoms with Crippen molar-refractivity contribution >= 4 is 28.2 Å². The molecule has 0 aliphatic carbocycles. The second-order valence-corrected chi connectivity index (χ2v) is 8.23. The van der Waals surface area contributed by atoms with Gasteiger partial charge in [-0.05, 0) is 38.4 Å². The summed E-state index contributed by atoms with van der Waals surface area (Å²) in [7, 11) is 4.20. The van der Waals surface area contributed by atoms with Crippen molar-refractivity contribution < 1.29 is 4.79 Å². The lowest BCUT2D eigenvalue weighted by molar-refractivity contribution is 0.102. The van der Waals surface area contributed by atoms with Crippen LogP contribution in [0.1, 0.15) is 10.4 Å². The van der Waals surface area contributed by atoms with Gasteiger partial charge in [0.25, 0.3) is 5.91 Å². The van der Waals surface area contributed by atoms with Crippen LogP contribution in [-0.2, 0) is 0 Å². The van der Waals surface area contributed by atoms with E-state index in [1.807, 2.05) is 36.4 Å². The lowest BCUT2D eigenvalue weighted by Crippen LogP contribution is -2.48. The zero-order chi connectivity index (χ0) is 21.8. The summed E-state index contributed by atoms with van der Waals surface area (Å²) in [5.74, 6) is -0.284. The van der Waals surface area contributed by atoms with Gasteiger partial charge < -0.3 is 20.1 Å². The molecular formula is C24H29N5O2. The molecule has 162 valence electrons. The quantitative estimate of drug-likeness (QED) is 0.642. The fourth-order valence-electron chi connectivity index (χ4n) is 3.94. The van der Waals surface area contributed by atoms with Crippen molar-refractivity contribution in [3.63, 3.8) is 0 Å². The molecule has 1 amide bonds. The molecule has 1 saturated heterocycles. The average Bonchev–Trinajstić information content (AvgIpc) is 2.77. The predicted octanol–water partition coefficient (Wildman–Crippen LogP) is 2.46. The Morgan fingerprint density at radius 2 is 1.81 bits per heavy atom. The number of nitrogens with one attached hydrogen (secondary N) is 2. The molecule has 0 saturated carbocycles. The Labute approximate surface area is 182 Å². The van der Waals surface area contributed by atoms with Crippen molar-refractivity contribution in [3.8, 4) is 0 Å². The number of H-pyrrole nitrogens is 1. The maximum Gasteiger partial charge on any atom is 0.256 e. The molecule has 0 atom stereocenters. The zero-order valence-corrected chi connectivity index (χ0v) is 18.1. The SMILES string of the molecule is CN(C)CCN1CCN(c2cccc(NC(=O)c3cc(=O)[nH]c4ccccc34)c2)CC1. The molecule has 0 radical (unpaired) electrons. The number of likely N-dealkylation sites (N-methyl/N-ethyl adjacent to an activating group) is 1. The monoisotopic (exact) mass is 419 g/mol. The Bertz CT molecular complexity index is 1120. The minimum atomic E-state index is -0.287. The van der Waals surface area contributed by atoms with E-state index < -0.39 is 0 Å². The first-order valence-corrected chi connectivity index (χ1v) is 10.6. The third kappa shape index (κ3) is 5.13. The molecule has 2 N–H and O–H groups in total. The second-order valence-electron chi connectivity index (χ2n) is 8.23. The van der Waals surface area contributed by atoms with Gasteiger partial charge in [0.1, 0.15) is 0 Å². The van der Waals surface area contributed by atoms with E-state index >= 15 is 0 Å². The van der Waals surface area contributed by atoms with E-state index in [0.717, 1.165) is 56.0 Å². The van der Waals surface area contributed by atoms with Gasteiger partial charge in [-0.15, -0.1) is 0 Å². The van der Waals surface area contributed by atoms with E-state index in [1.54, 1.807) is 6.07 Å². The van der Waals surface area contributed by atoms with E-state index in [-0.39, 0.29) is 11.5 Å². The highest BCUT2D eigenvalue weighted by atomic mass is 16.2. The summed E-state index contributed by atoms with van der Waals surface area (Å²) in [5, 5.41) is 3.69. The third-order valence-corrected chi connectivity index (χ3v) is 5.70. The average molecular weight is 420 g/mol. The van der Waals surface area contributed by atoms with Gasteiger partial charge >= 0.3 is 0 Å². The highest BCUT2D eigenvalue weighted by molar-refractivity contribution is 6.12. The van der Waals surface area contributed by atoms with Crippen LogP contribution < -0.4 is 15.8 Å². The van der Waals surface area contributed by atoms with Gasteiger partial charge in [-0.25, -0.2) is 0 Å². The Balaban J connectivity index is 1.45. The lowest BCUT2D eigenvalue weighted by atomic mass is 10.1. The number of hydrogen-bond donors (Lipinski definition) is 2. The molecule has 31 heavy (non-hydrogen) atoms. The van der Waals surface area contributed by atoms with Gasteiger partial charge in [0.05, 0.1) is 5.56 Å². The van der Waals surface area contributed by atoms with Crippen molar-refractivity contribution in [1.29, 1.82) is 0 Å². The third-order valence-electron chi connectivity index (χ3n) is 5.70. The summed E-state index contributed by atoms with van der Waals surface area (Å²) in [6, 6.07) is 16.6. The van der Waals surface area contributed by atoms with Crippen molar-refractivity contribution in [3.05, 3.63) is 70.5 Å². The minimum Gasteiger partial charge on any atom is -0.369 e. The van der Waals surface area contributed by atoms with E-state index in [1.165, 1.54) is 6.07 Å². The van der Waals surface area contributed by atoms with Crippen LogP contribution in [0.5, 0.6) is 0 Å². The Morgan fingerprint density at radius 3 is 2.58 bits per heavy atom. The normalized spacial score (nSPS) is 14.9. The highest BCUT2D eigenvalue weighted by Crippen LogP contribution is 2.22. The number of nitrogens with zero attached hydrogens (tertiary/aromatic N) is 3. The van der Waals surface area contributed by atoms with E-state index in [9.17, 15) is 9.59 Å². The number of aromatic nitrogens is 1. The van der Waals surface area contributed by atoms with Crippen LogP contribution in [0.3, 0.4) is 0 Å². The molecule has 0 bridgehead atoms. The Morgan fingerprint density at radius 1 is 1.03 bits per heavy atom. The number of pyridine rings is 1. The van der Waals surface area contributed by atoms with Gasteiger partial charge in [-0.1, -0.05) is 24.3 Å². The molecule has 3 aromatic rings. The van der Waals surface area contributed by atoms with Crippen LogP contribution in [0.25, 0.3) is 10.9 Å². The maximum absolute atomic E-state index is 12.9. The zero-order valence-electron chi connectivity index (χ0n) is 18.1. The van der Waals surface area contributed by atoms with Gasteiger partial charge in [0.15, 0.2) is 0 Å². The fourth-order valence-corrected chi connectivity index (χ4v) is 3.94. The predicted molar refractivity (Wildman–Crippen MR) is 126 cm³/mol. The minimum absolute atomic E-state index is 0.284. The van der Waals surface area contributed by atoms with Gasteiger partial charge in [0, 0.05) is 67.6 Å². The number of amides is 1. The molecule has 1 aromatic heterocycles. The van der Waals surface area contributed by atoms with Crippen molar-refractivity contribution in [2.75, 3.05) is 63.6 Å². The molecule has 1 aliphatic heterocycles. The van der Waals surface area contributed by atoms with Gasteiger partial charge in [-0.3, -0.25) is 14.5 Å². The number of piperazine rings is 1. The van der Waals surface area contributed by atoms with Crippen LogP contribution >= 0.6 is 0 Å². The van der Waals surface area contributed by atoms with Crippen molar-refractivity contribution in [1.82, 2.24) is 14.8 Å². The van der Waals surface area contributed by atoms with Crippen LogP contribution in [0.15, 0.2) is 59.4 Å². The van der Waals surface area contributed by atoms with E-state index in [4.69, 9.17) is 0 Å². The summed E-state index contributed by atoms with van der Waals surface area (Å²) in [6.07, 6.45) is 0. The summed E-state index contributed by atoms with van der Waals surface area (Å²) in [5.41, 5.74) is 2.56. The molecule has 0 unspecified atom stereocenters. The molecular weight excluding hydrogens is 390 g/mol. The first kappa shape index (κ1) is 21.1. The fraction of sp³-hybridized carbons (Fsp3) is 0.333. The largest absolute Gasteiger partial charge is 0.369 e. The molecule has 7 heteroatoms. The second kappa shape index (κ2) is 9.32. The number of carbonyl (C=O) groups is 1. The number of fused-ring (bicyclic) bond motifs is 1. The number of hydrogen-bond acceptors (Lipinski definition) is 5. The first-order valence-electron chi connectivity index (χ1n) is 10.6. The maximum atomic E-state index is 12.9. The van der Waals surface area contributed by atoms with E-state index in [0.29, 0.717) is 11.1 Å². The molecule has 2 aromatic carbocycles. The van der Waals surface area contributed by atoms with Crippen LogP contribution in [-0.4, -0.2) is 74.1 Å². The lowest BCUT2D eigenvalue weighted by Gasteiger charge is -2.36. The Hall–Kier alpha value is -3.16. The molecule has 1 fully saturated rings.